The summed E-state index contributed by atoms with van der Waals surface area (Å²) >= 11 is 0. The molecule has 0 atom stereocenters. The van der Waals surface area contributed by atoms with Crippen molar-refractivity contribution in [2.24, 2.45) is 0 Å². The minimum atomic E-state index is 0.769. The van der Waals surface area contributed by atoms with Gasteiger partial charge in [-0.1, -0.05) is 12.1 Å². The predicted molar refractivity (Wildman–Crippen MR) is 94.8 cm³/mol. The quantitative estimate of drug-likeness (QED) is 0.522. The van der Waals surface area contributed by atoms with E-state index in [-0.39, 0.29) is 0 Å². The van der Waals surface area contributed by atoms with Gasteiger partial charge in [-0.15, -0.1) is 0 Å². The van der Waals surface area contributed by atoms with E-state index in [0.29, 0.717) is 0 Å². The van der Waals surface area contributed by atoms with E-state index in [9.17, 15) is 0 Å². The Morgan fingerprint density at radius 3 is 1.50 bits per heavy atom. The minimum Gasteiger partial charge on any atom is -0.465 e. The number of rotatable bonds is 4. The van der Waals surface area contributed by atoms with Crippen LogP contribution in [0.3, 0.4) is 0 Å². The summed E-state index contributed by atoms with van der Waals surface area (Å²) in [4.78, 5) is 9.40. The fourth-order valence-electron chi connectivity index (χ4n) is 2.37. The molecule has 0 aliphatic carbocycles. The smallest absolute Gasteiger partial charge is 0.126 e. The molecule has 0 aliphatic rings. The minimum absolute atomic E-state index is 0.769. The summed E-state index contributed by atoms with van der Waals surface area (Å²) in [5.41, 5.74) is 3.25. The molecule has 0 bridgehead atoms. The van der Waals surface area contributed by atoms with Crippen molar-refractivity contribution < 1.29 is 8.83 Å². The van der Waals surface area contributed by atoms with E-state index in [4.69, 9.17) is 18.8 Å². The van der Waals surface area contributed by atoms with Crippen LogP contribution < -0.4 is 0 Å². The first-order valence-electron chi connectivity index (χ1n) is 7.58. The number of nitrogens with zero attached hydrogens (tertiary/aromatic N) is 2. The molecule has 0 saturated heterocycles. The Morgan fingerprint density at radius 1 is 0.583 bits per heavy atom. The van der Waals surface area contributed by atoms with Crippen LogP contribution >= 0.6 is 0 Å². The SMILES string of the molecule is C(=Cc1nc2ccccc2nc1C=Cc1ccco1)c1ccco1. The second kappa shape index (κ2) is 6.38. The summed E-state index contributed by atoms with van der Waals surface area (Å²) in [5, 5.41) is 0. The van der Waals surface area contributed by atoms with Crippen molar-refractivity contribution in [1.29, 1.82) is 0 Å². The molecule has 4 rings (SSSR count). The summed E-state index contributed by atoms with van der Waals surface area (Å²) < 4.78 is 10.7. The molecule has 116 valence electrons. The Labute approximate surface area is 138 Å². The van der Waals surface area contributed by atoms with Crippen molar-refractivity contribution >= 4 is 35.3 Å². The van der Waals surface area contributed by atoms with E-state index in [1.54, 1.807) is 12.5 Å². The number of para-hydroxylation sites is 2. The molecule has 0 fully saturated rings. The molecule has 0 N–H and O–H groups in total. The van der Waals surface area contributed by atoms with Gasteiger partial charge in [0.25, 0.3) is 0 Å². The van der Waals surface area contributed by atoms with Crippen LogP contribution in [0.2, 0.25) is 0 Å². The average Bonchev–Trinajstić information content (AvgIpc) is 3.31. The van der Waals surface area contributed by atoms with Gasteiger partial charge in [-0.05, 0) is 60.7 Å². The predicted octanol–water partition coefficient (Wildman–Crippen LogP) is 5.16. The number of hydrogen-bond acceptors (Lipinski definition) is 4. The van der Waals surface area contributed by atoms with Gasteiger partial charge in [0.1, 0.15) is 11.5 Å². The van der Waals surface area contributed by atoms with Gasteiger partial charge in [0.2, 0.25) is 0 Å². The van der Waals surface area contributed by atoms with E-state index < -0.39 is 0 Å². The van der Waals surface area contributed by atoms with Gasteiger partial charge in [0.05, 0.1) is 34.9 Å². The summed E-state index contributed by atoms with van der Waals surface area (Å²) in [7, 11) is 0. The van der Waals surface area contributed by atoms with Crippen molar-refractivity contribution in [1.82, 2.24) is 9.97 Å². The fraction of sp³-hybridized carbons (Fsp3) is 0. The molecule has 0 spiro atoms. The highest BCUT2D eigenvalue weighted by molar-refractivity contribution is 5.82. The van der Waals surface area contributed by atoms with E-state index in [2.05, 4.69) is 0 Å². The molecule has 3 heterocycles. The number of fused-ring (bicyclic) bond motifs is 1. The first kappa shape index (κ1) is 14.2. The molecule has 4 nitrogen and oxygen atoms in total. The largest absolute Gasteiger partial charge is 0.465 e. The van der Waals surface area contributed by atoms with Gasteiger partial charge in [-0.2, -0.15) is 0 Å². The Kier molecular flexibility index (Phi) is 3.78. The van der Waals surface area contributed by atoms with Gasteiger partial charge in [0, 0.05) is 0 Å². The molecule has 0 aliphatic heterocycles. The highest BCUT2D eigenvalue weighted by Crippen LogP contribution is 2.18. The lowest BCUT2D eigenvalue weighted by molar-refractivity contribution is 0.557. The average molecular weight is 314 g/mol. The molecule has 0 saturated carbocycles. The van der Waals surface area contributed by atoms with Gasteiger partial charge in [0.15, 0.2) is 0 Å². The first-order chi connectivity index (χ1) is 11.9. The Balaban J connectivity index is 1.78. The van der Waals surface area contributed by atoms with Crippen molar-refractivity contribution in [3.63, 3.8) is 0 Å². The van der Waals surface area contributed by atoms with Crippen molar-refractivity contribution in [3.8, 4) is 0 Å². The zero-order chi connectivity index (χ0) is 16.2. The Hall–Kier alpha value is -3.40. The maximum absolute atomic E-state index is 5.33. The maximum atomic E-state index is 5.33. The molecule has 24 heavy (non-hydrogen) atoms. The molecule has 3 aromatic heterocycles. The summed E-state index contributed by atoms with van der Waals surface area (Å²) in [6.45, 7) is 0. The third-order valence-corrected chi connectivity index (χ3v) is 3.52. The molecule has 0 amide bonds. The third kappa shape index (κ3) is 3.03. The number of aromatic nitrogens is 2. The van der Waals surface area contributed by atoms with Crippen LogP contribution in [0.25, 0.3) is 35.3 Å². The van der Waals surface area contributed by atoms with Crippen molar-refractivity contribution in [2.75, 3.05) is 0 Å². The zero-order valence-corrected chi connectivity index (χ0v) is 12.8. The molecule has 0 unspecified atom stereocenters. The van der Waals surface area contributed by atoms with Crippen LogP contribution in [0.1, 0.15) is 22.9 Å². The second-order valence-electron chi connectivity index (χ2n) is 5.18. The van der Waals surface area contributed by atoms with Gasteiger partial charge >= 0.3 is 0 Å². The van der Waals surface area contributed by atoms with E-state index in [1.807, 2.05) is 72.8 Å². The van der Waals surface area contributed by atoms with Crippen LogP contribution in [0.5, 0.6) is 0 Å². The Bertz CT molecular complexity index is 915. The van der Waals surface area contributed by atoms with E-state index in [0.717, 1.165) is 33.9 Å². The lowest BCUT2D eigenvalue weighted by Gasteiger charge is -2.03. The van der Waals surface area contributed by atoms with Crippen LogP contribution in [0.15, 0.2) is 69.9 Å². The van der Waals surface area contributed by atoms with Crippen LogP contribution in [0, 0.1) is 0 Å². The highest BCUT2D eigenvalue weighted by atomic mass is 16.3. The van der Waals surface area contributed by atoms with Gasteiger partial charge in [-0.3, -0.25) is 0 Å². The summed E-state index contributed by atoms with van der Waals surface area (Å²) in [6, 6.07) is 15.3. The van der Waals surface area contributed by atoms with Crippen molar-refractivity contribution in [2.45, 2.75) is 0 Å². The second-order valence-corrected chi connectivity index (χ2v) is 5.18. The maximum Gasteiger partial charge on any atom is 0.126 e. The lowest BCUT2D eigenvalue weighted by Crippen LogP contribution is -1.93. The van der Waals surface area contributed by atoms with Crippen molar-refractivity contribution in [3.05, 3.63) is 84.0 Å². The summed E-state index contributed by atoms with van der Waals surface area (Å²) in [5.74, 6) is 1.54. The molecule has 1 aromatic carbocycles. The highest BCUT2D eigenvalue weighted by Gasteiger charge is 2.04. The van der Waals surface area contributed by atoms with E-state index in [1.165, 1.54) is 0 Å². The first-order valence-corrected chi connectivity index (χ1v) is 7.58. The molecular formula is C20H14N2O2. The lowest BCUT2D eigenvalue weighted by atomic mass is 10.2. The number of benzene rings is 1. The summed E-state index contributed by atoms with van der Waals surface area (Å²) in [6.07, 6.45) is 10.8. The molecular weight excluding hydrogens is 300 g/mol. The Morgan fingerprint density at radius 2 is 1.08 bits per heavy atom. The standard InChI is InChI=1S/C20H14N2O2/c1-2-8-18-17(7-1)21-19(11-9-15-5-3-13-23-15)20(22-18)12-10-16-6-4-14-24-16/h1-14H. The van der Waals surface area contributed by atoms with Crippen LogP contribution in [-0.2, 0) is 0 Å². The third-order valence-electron chi connectivity index (χ3n) is 3.52. The van der Waals surface area contributed by atoms with Gasteiger partial charge < -0.3 is 8.83 Å². The van der Waals surface area contributed by atoms with Crippen LogP contribution in [0.4, 0.5) is 0 Å². The topological polar surface area (TPSA) is 52.1 Å². The zero-order valence-electron chi connectivity index (χ0n) is 12.8. The monoisotopic (exact) mass is 314 g/mol. The molecule has 0 radical (unpaired) electrons. The number of furan rings is 2. The molecule has 4 heteroatoms. The fourth-order valence-corrected chi connectivity index (χ4v) is 2.37. The number of hydrogen-bond donors (Lipinski definition) is 0. The normalized spacial score (nSPS) is 11.8. The van der Waals surface area contributed by atoms with E-state index >= 15 is 0 Å². The molecule has 4 aromatic rings. The van der Waals surface area contributed by atoms with Gasteiger partial charge in [-0.25, -0.2) is 9.97 Å². The van der Waals surface area contributed by atoms with Crippen LogP contribution in [-0.4, -0.2) is 9.97 Å².